The number of amides is 2. The van der Waals surface area contributed by atoms with E-state index in [-0.39, 0.29) is 12.0 Å². The molecule has 0 bridgehead atoms. The van der Waals surface area contributed by atoms with Gasteiger partial charge in [-0.1, -0.05) is 13.3 Å². The van der Waals surface area contributed by atoms with Gasteiger partial charge in [0.15, 0.2) is 0 Å². The van der Waals surface area contributed by atoms with E-state index in [9.17, 15) is 9.59 Å². The van der Waals surface area contributed by atoms with E-state index in [0.717, 1.165) is 19.3 Å². The van der Waals surface area contributed by atoms with Crippen LogP contribution in [0.3, 0.4) is 0 Å². The molecule has 5 nitrogen and oxygen atoms in total. The minimum Gasteiger partial charge on any atom is -0.467 e. The lowest BCUT2D eigenvalue weighted by atomic mass is 10.2. The summed E-state index contributed by atoms with van der Waals surface area (Å²) in [6.07, 6.45) is 3.57. The molecule has 1 unspecified atom stereocenters. The molecule has 92 valence electrons. The van der Waals surface area contributed by atoms with Crippen molar-refractivity contribution >= 4 is 12.0 Å². The number of ether oxygens (including phenoxy) is 1. The number of methoxy groups -OCH3 is 1. The molecule has 1 atom stereocenters. The quantitative estimate of drug-likeness (QED) is 0.579. The van der Waals surface area contributed by atoms with Crippen molar-refractivity contribution in [2.24, 2.45) is 0 Å². The summed E-state index contributed by atoms with van der Waals surface area (Å²) in [6.45, 7) is 3.37. The Morgan fingerprint density at radius 3 is 2.88 bits per heavy atom. The van der Waals surface area contributed by atoms with Crippen LogP contribution in [0.15, 0.2) is 0 Å². The van der Waals surface area contributed by atoms with Crippen molar-refractivity contribution < 1.29 is 14.3 Å². The van der Waals surface area contributed by atoms with Crippen LogP contribution < -0.4 is 5.32 Å². The summed E-state index contributed by atoms with van der Waals surface area (Å²) in [7, 11) is 1.35. The van der Waals surface area contributed by atoms with Crippen molar-refractivity contribution in [1.82, 2.24) is 10.2 Å². The molecular formula is C11H20N2O3. The molecule has 1 fully saturated rings. The number of hydrogen-bond donors (Lipinski definition) is 1. The highest BCUT2D eigenvalue weighted by molar-refractivity contribution is 5.84. The Bertz CT molecular complexity index is 256. The van der Waals surface area contributed by atoms with Gasteiger partial charge in [-0.25, -0.2) is 9.59 Å². The number of likely N-dealkylation sites (tertiary alicyclic amines) is 1. The molecule has 0 aromatic carbocycles. The topological polar surface area (TPSA) is 58.6 Å². The lowest BCUT2D eigenvalue weighted by Crippen LogP contribution is -2.46. The number of unbranched alkanes of at least 4 members (excludes halogenated alkanes) is 1. The number of carbonyl (C=O) groups excluding carboxylic acids is 2. The van der Waals surface area contributed by atoms with E-state index in [0.29, 0.717) is 19.5 Å². The fourth-order valence-electron chi connectivity index (χ4n) is 1.86. The van der Waals surface area contributed by atoms with Gasteiger partial charge in [0.2, 0.25) is 0 Å². The summed E-state index contributed by atoms with van der Waals surface area (Å²) >= 11 is 0. The standard InChI is InChI=1S/C11H20N2O3/c1-3-4-7-12-11(15)13-8-5-6-9(13)10(14)16-2/h9H,3-8H2,1-2H3,(H,12,15). The van der Waals surface area contributed by atoms with E-state index in [1.165, 1.54) is 7.11 Å². The Labute approximate surface area is 96.1 Å². The van der Waals surface area contributed by atoms with Crippen molar-refractivity contribution in [3.05, 3.63) is 0 Å². The van der Waals surface area contributed by atoms with Crippen LogP contribution in [0.1, 0.15) is 32.6 Å². The maximum atomic E-state index is 11.8. The Kier molecular flexibility index (Phi) is 5.08. The highest BCUT2D eigenvalue weighted by Crippen LogP contribution is 2.18. The van der Waals surface area contributed by atoms with Gasteiger partial charge in [0.25, 0.3) is 0 Å². The number of nitrogens with zero attached hydrogens (tertiary/aromatic N) is 1. The molecule has 0 aliphatic carbocycles. The summed E-state index contributed by atoms with van der Waals surface area (Å²) in [5, 5.41) is 2.81. The highest BCUT2D eigenvalue weighted by atomic mass is 16.5. The zero-order valence-electron chi connectivity index (χ0n) is 9.99. The maximum Gasteiger partial charge on any atom is 0.328 e. The zero-order valence-corrected chi connectivity index (χ0v) is 9.99. The number of nitrogens with one attached hydrogen (secondary N) is 1. The van der Waals surface area contributed by atoms with Crippen molar-refractivity contribution in [3.63, 3.8) is 0 Å². The average Bonchev–Trinajstić information content (AvgIpc) is 2.77. The third-order valence-corrected chi connectivity index (χ3v) is 2.79. The Hall–Kier alpha value is -1.26. The molecule has 1 rings (SSSR count). The van der Waals surface area contributed by atoms with Gasteiger partial charge in [-0.05, 0) is 19.3 Å². The predicted molar refractivity (Wildman–Crippen MR) is 60.1 cm³/mol. The van der Waals surface area contributed by atoms with Crippen LogP contribution >= 0.6 is 0 Å². The predicted octanol–water partition coefficient (Wildman–Crippen LogP) is 1.13. The molecule has 0 saturated carbocycles. The van der Waals surface area contributed by atoms with Gasteiger partial charge < -0.3 is 15.0 Å². The van der Waals surface area contributed by atoms with E-state index < -0.39 is 6.04 Å². The van der Waals surface area contributed by atoms with Gasteiger partial charge in [-0.2, -0.15) is 0 Å². The smallest absolute Gasteiger partial charge is 0.328 e. The molecule has 1 aliphatic heterocycles. The van der Waals surface area contributed by atoms with Crippen LogP contribution in [0.25, 0.3) is 0 Å². The van der Waals surface area contributed by atoms with E-state index >= 15 is 0 Å². The molecule has 1 N–H and O–H groups in total. The summed E-state index contributed by atoms with van der Waals surface area (Å²) in [4.78, 5) is 24.7. The second-order valence-electron chi connectivity index (χ2n) is 3.96. The fraction of sp³-hybridized carbons (Fsp3) is 0.818. The van der Waals surface area contributed by atoms with E-state index in [2.05, 4.69) is 17.0 Å². The first kappa shape index (κ1) is 12.8. The van der Waals surface area contributed by atoms with Crippen molar-refractivity contribution in [2.45, 2.75) is 38.6 Å². The molecule has 1 saturated heterocycles. The van der Waals surface area contributed by atoms with Gasteiger partial charge in [0.1, 0.15) is 6.04 Å². The van der Waals surface area contributed by atoms with Crippen LogP contribution in [0.4, 0.5) is 4.79 Å². The molecule has 2 amide bonds. The average molecular weight is 228 g/mol. The maximum absolute atomic E-state index is 11.8. The third kappa shape index (κ3) is 3.12. The molecular weight excluding hydrogens is 208 g/mol. The molecule has 1 heterocycles. The fourth-order valence-corrected chi connectivity index (χ4v) is 1.86. The van der Waals surface area contributed by atoms with Crippen molar-refractivity contribution in [1.29, 1.82) is 0 Å². The first-order valence-electron chi connectivity index (χ1n) is 5.83. The number of rotatable bonds is 4. The second-order valence-corrected chi connectivity index (χ2v) is 3.96. The number of carbonyl (C=O) groups is 2. The van der Waals surface area contributed by atoms with E-state index in [1.807, 2.05) is 0 Å². The van der Waals surface area contributed by atoms with Crippen LogP contribution in [0.2, 0.25) is 0 Å². The molecule has 1 aliphatic rings. The highest BCUT2D eigenvalue weighted by Gasteiger charge is 2.34. The molecule has 0 radical (unpaired) electrons. The molecule has 0 spiro atoms. The Morgan fingerprint density at radius 2 is 2.25 bits per heavy atom. The van der Waals surface area contributed by atoms with E-state index in [4.69, 9.17) is 0 Å². The second kappa shape index (κ2) is 6.35. The summed E-state index contributed by atoms with van der Waals surface area (Å²) in [5.74, 6) is -0.317. The minimum atomic E-state index is -0.397. The number of hydrogen-bond acceptors (Lipinski definition) is 3. The largest absolute Gasteiger partial charge is 0.467 e. The number of urea groups is 1. The van der Waals surface area contributed by atoms with E-state index in [1.54, 1.807) is 4.90 Å². The summed E-state index contributed by atoms with van der Waals surface area (Å²) in [6, 6.07) is -0.548. The molecule has 0 aromatic rings. The van der Waals surface area contributed by atoms with Gasteiger partial charge >= 0.3 is 12.0 Å². The summed E-state index contributed by atoms with van der Waals surface area (Å²) < 4.78 is 4.68. The Balaban J connectivity index is 2.44. The monoisotopic (exact) mass is 228 g/mol. The Morgan fingerprint density at radius 1 is 1.50 bits per heavy atom. The minimum absolute atomic E-state index is 0.152. The van der Waals surface area contributed by atoms with Crippen molar-refractivity contribution in [3.8, 4) is 0 Å². The third-order valence-electron chi connectivity index (χ3n) is 2.79. The summed E-state index contributed by atoms with van der Waals surface area (Å²) in [5.41, 5.74) is 0. The van der Waals surface area contributed by atoms with Gasteiger partial charge in [-0.3, -0.25) is 0 Å². The molecule has 5 heteroatoms. The van der Waals surface area contributed by atoms with Gasteiger partial charge in [-0.15, -0.1) is 0 Å². The van der Waals surface area contributed by atoms with Crippen LogP contribution in [0, 0.1) is 0 Å². The lowest BCUT2D eigenvalue weighted by molar-refractivity contribution is -0.144. The number of esters is 1. The zero-order chi connectivity index (χ0) is 12.0. The van der Waals surface area contributed by atoms with Crippen LogP contribution in [-0.4, -0.2) is 43.1 Å². The first-order valence-corrected chi connectivity index (χ1v) is 5.83. The molecule has 16 heavy (non-hydrogen) atoms. The van der Waals surface area contributed by atoms with Crippen LogP contribution in [-0.2, 0) is 9.53 Å². The first-order chi connectivity index (χ1) is 7.70. The van der Waals surface area contributed by atoms with Crippen LogP contribution in [0.5, 0.6) is 0 Å². The SMILES string of the molecule is CCCCNC(=O)N1CCCC1C(=O)OC. The lowest BCUT2D eigenvalue weighted by Gasteiger charge is -2.22. The van der Waals surface area contributed by atoms with Crippen molar-refractivity contribution in [2.75, 3.05) is 20.2 Å². The molecule has 0 aromatic heterocycles. The van der Waals surface area contributed by atoms with Gasteiger partial charge in [0, 0.05) is 13.1 Å². The van der Waals surface area contributed by atoms with Gasteiger partial charge in [0.05, 0.1) is 7.11 Å². The normalized spacial score (nSPS) is 19.6.